The number of aromatic nitrogens is 3. The SMILES string of the molecule is CS(=O)(=O)c1ccc(N2CCCCN(C(=O)C3CCCO3)CCCOc3cccc(c3)-c3nccn3CC2)nc1. The first kappa shape index (κ1) is 28.1. The number of hydrogen-bond donors (Lipinski definition) is 0. The molecule has 1 fully saturated rings. The van der Waals surface area contributed by atoms with E-state index in [2.05, 4.69) is 19.4 Å². The Balaban J connectivity index is 1.38. The van der Waals surface area contributed by atoms with Crippen molar-refractivity contribution in [1.29, 1.82) is 0 Å². The topological polar surface area (TPSA) is 107 Å². The molecule has 214 valence electrons. The smallest absolute Gasteiger partial charge is 0.251 e. The number of fused-ring (bicyclic) bond motifs is 4. The fourth-order valence-electron chi connectivity index (χ4n) is 5.18. The minimum atomic E-state index is -3.33. The number of nitrogens with zero attached hydrogens (tertiary/aromatic N) is 5. The van der Waals surface area contributed by atoms with Crippen LogP contribution in [0.15, 0.2) is 59.9 Å². The van der Waals surface area contributed by atoms with Crippen molar-refractivity contribution in [3.63, 3.8) is 0 Å². The molecule has 1 aromatic carbocycles. The summed E-state index contributed by atoms with van der Waals surface area (Å²) in [7, 11) is -3.33. The number of benzene rings is 1. The summed E-state index contributed by atoms with van der Waals surface area (Å²) in [6.45, 7) is 4.45. The van der Waals surface area contributed by atoms with Crippen molar-refractivity contribution in [3.05, 3.63) is 55.0 Å². The van der Waals surface area contributed by atoms with E-state index in [1.165, 1.54) is 12.5 Å². The van der Waals surface area contributed by atoms with Crippen LogP contribution in [0.25, 0.3) is 11.4 Å². The Morgan fingerprint density at radius 1 is 0.950 bits per heavy atom. The molecule has 1 amide bonds. The highest BCUT2D eigenvalue weighted by atomic mass is 32.2. The van der Waals surface area contributed by atoms with Gasteiger partial charge in [-0.1, -0.05) is 12.1 Å². The van der Waals surface area contributed by atoms with Gasteiger partial charge in [-0.2, -0.15) is 0 Å². The van der Waals surface area contributed by atoms with E-state index in [1.807, 2.05) is 35.4 Å². The quantitative estimate of drug-likeness (QED) is 0.474. The lowest BCUT2D eigenvalue weighted by molar-refractivity contribution is -0.141. The average Bonchev–Trinajstić information content (AvgIpc) is 3.65. The van der Waals surface area contributed by atoms with Crippen LogP contribution in [0.2, 0.25) is 0 Å². The summed E-state index contributed by atoms with van der Waals surface area (Å²) in [4.78, 5) is 26.6. The Bertz CT molecular complexity index is 1390. The molecule has 2 aliphatic heterocycles. The Hall–Kier alpha value is -3.44. The van der Waals surface area contributed by atoms with Gasteiger partial charge in [0.2, 0.25) is 0 Å². The number of hydrogen-bond acceptors (Lipinski definition) is 8. The van der Waals surface area contributed by atoms with Crippen molar-refractivity contribution in [3.8, 4) is 17.1 Å². The third kappa shape index (κ3) is 7.00. The Morgan fingerprint density at radius 3 is 2.58 bits per heavy atom. The zero-order valence-corrected chi connectivity index (χ0v) is 23.8. The van der Waals surface area contributed by atoms with Crippen LogP contribution in [0, 0.1) is 0 Å². The molecule has 40 heavy (non-hydrogen) atoms. The molecule has 1 atom stereocenters. The summed E-state index contributed by atoms with van der Waals surface area (Å²) in [5, 5.41) is 0. The molecule has 2 aromatic heterocycles. The average molecular weight is 568 g/mol. The predicted molar refractivity (Wildman–Crippen MR) is 152 cm³/mol. The molecule has 0 saturated carbocycles. The van der Waals surface area contributed by atoms with E-state index < -0.39 is 9.84 Å². The van der Waals surface area contributed by atoms with E-state index in [0.29, 0.717) is 39.4 Å². The molecule has 10 nitrogen and oxygen atoms in total. The molecule has 2 bridgehead atoms. The molecule has 0 N–H and O–H groups in total. The van der Waals surface area contributed by atoms with Gasteiger partial charge >= 0.3 is 0 Å². The number of pyridine rings is 1. The summed E-state index contributed by atoms with van der Waals surface area (Å²) in [5.74, 6) is 2.40. The lowest BCUT2D eigenvalue weighted by atomic mass is 10.2. The number of imidazole rings is 1. The second kappa shape index (κ2) is 12.8. The third-order valence-corrected chi connectivity index (χ3v) is 8.45. The van der Waals surface area contributed by atoms with Crippen LogP contribution >= 0.6 is 0 Å². The van der Waals surface area contributed by atoms with Crippen LogP contribution in [0.5, 0.6) is 5.75 Å². The van der Waals surface area contributed by atoms with Gasteiger partial charge in [0.25, 0.3) is 5.91 Å². The zero-order chi connectivity index (χ0) is 28.0. The minimum absolute atomic E-state index is 0.0673. The normalized spacial score (nSPS) is 19.5. The van der Waals surface area contributed by atoms with E-state index >= 15 is 0 Å². The molecule has 2 aliphatic rings. The molecule has 0 aliphatic carbocycles. The lowest BCUT2D eigenvalue weighted by Gasteiger charge is -2.27. The molecule has 4 heterocycles. The summed E-state index contributed by atoms with van der Waals surface area (Å²) >= 11 is 0. The van der Waals surface area contributed by atoms with E-state index in [0.717, 1.165) is 61.6 Å². The molecule has 3 aromatic rings. The van der Waals surface area contributed by atoms with E-state index in [-0.39, 0.29) is 16.9 Å². The summed E-state index contributed by atoms with van der Waals surface area (Å²) in [6, 6.07) is 11.3. The molecule has 0 spiro atoms. The van der Waals surface area contributed by atoms with Crippen molar-refractivity contribution in [2.24, 2.45) is 0 Å². The summed E-state index contributed by atoms with van der Waals surface area (Å²) < 4.78 is 37.8. The van der Waals surface area contributed by atoms with Crippen LogP contribution < -0.4 is 9.64 Å². The first-order valence-corrected chi connectivity index (χ1v) is 15.8. The van der Waals surface area contributed by atoms with Gasteiger partial charge in [-0.05, 0) is 56.4 Å². The number of sulfone groups is 1. The number of amides is 1. The largest absolute Gasteiger partial charge is 0.494 e. The van der Waals surface area contributed by atoms with E-state index in [1.54, 1.807) is 18.3 Å². The van der Waals surface area contributed by atoms with Gasteiger partial charge in [0.1, 0.15) is 23.5 Å². The molecular formula is C29H37N5O5S. The molecular weight excluding hydrogens is 530 g/mol. The number of ether oxygens (including phenoxy) is 2. The van der Waals surface area contributed by atoms with Crippen LogP contribution in [0.3, 0.4) is 0 Å². The van der Waals surface area contributed by atoms with E-state index in [9.17, 15) is 13.2 Å². The maximum atomic E-state index is 13.2. The molecule has 11 heteroatoms. The minimum Gasteiger partial charge on any atom is -0.494 e. The molecule has 1 saturated heterocycles. The van der Waals surface area contributed by atoms with Crippen LogP contribution in [-0.4, -0.2) is 85.5 Å². The van der Waals surface area contributed by atoms with Crippen molar-refractivity contribution >= 4 is 21.6 Å². The maximum absolute atomic E-state index is 13.2. The maximum Gasteiger partial charge on any atom is 0.251 e. The first-order chi connectivity index (χ1) is 19.4. The Kier molecular flexibility index (Phi) is 9.01. The van der Waals surface area contributed by atoms with Crippen LogP contribution in [0.1, 0.15) is 32.1 Å². The van der Waals surface area contributed by atoms with Gasteiger partial charge in [0.05, 0.1) is 11.5 Å². The number of carbonyl (C=O) groups excluding carboxylic acids is 1. The highest BCUT2D eigenvalue weighted by Gasteiger charge is 2.28. The monoisotopic (exact) mass is 567 g/mol. The van der Waals surface area contributed by atoms with Crippen molar-refractivity contribution in [1.82, 2.24) is 19.4 Å². The number of anilines is 1. The van der Waals surface area contributed by atoms with Crippen molar-refractivity contribution in [2.75, 3.05) is 50.5 Å². The van der Waals surface area contributed by atoms with Gasteiger partial charge in [-0.25, -0.2) is 18.4 Å². The Morgan fingerprint density at radius 2 is 1.80 bits per heavy atom. The first-order valence-electron chi connectivity index (χ1n) is 13.9. The zero-order valence-electron chi connectivity index (χ0n) is 22.9. The molecule has 0 radical (unpaired) electrons. The molecule has 5 rings (SSSR count). The second-order valence-corrected chi connectivity index (χ2v) is 12.3. The van der Waals surface area contributed by atoms with Gasteiger partial charge in [-0.3, -0.25) is 4.79 Å². The lowest BCUT2D eigenvalue weighted by Crippen LogP contribution is -2.40. The van der Waals surface area contributed by atoms with Gasteiger partial charge in [0, 0.05) is 69.7 Å². The summed E-state index contributed by atoms with van der Waals surface area (Å²) in [5.41, 5.74) is 0.962. The standard InChI is InChI=1S/C29H37N5O5S/c1-40(36,37)25-10-11-27(31-22-25)32-13-2-3-14-34(29(35)26-9-5-19-39-26)15-6-20-38-24-8-4-7-23(21-24)28-30-12-16-33(28)18-17-32/h4,7-8,10-12,16,21-22,26H,2-3,5-6,9,13-15,17-20H2,1H3. The van der Waals surface area contributed by atoms with Crippen LogP contribution in [-0.2, 0) is 25.9 Å². The van der Waals surface area contributed by atoms with Crippen molar-refractivity contribution in [2.45, 2.75) is 49.6 Å². The number of rotatable bonds is 3. The van der Waals surface area contributed by atoms with Gasteiger partial charge in [-0.15, -0.1) is 0 Å². The Labute approximate surface area is 235 Å². The van der Waals surface area contributed by atoms with Crippen molar-refractivity contribution < 1.29 is 22.7 Å². The van der Waals surface area contributed by atoms with Gasteiger partial charge < -0.3 is 23.8 Å². The fraction of sp³-hybridized carbons (Fsp3) is 0.483. The molecule has 1 unspecified atom stereocenters. The highest BCUT2D eigenvalue weighted by Crippen LogP contribution is 2.24. The fourth-order valence-corrected chi connectivity index (χ4v) is 5.74. The predicted octanol–water partition coefficient (Wildman–Crippen LogP) is 3.43. The van der Waals surface area contributed by atoms with E-state index in [4.69, 9.17) is 9.47 Å². The van der Waals surface area contributed by atoms with Gasteiger partial charge in [0.15, 0.2) is 9.84 Å². The van der Waals surface area contributed by atoms with Crippen LogP contribution in [0.4, 0.5) is 5.82 Å². The summed E-state index contributed by atoms with van der Waals surface area (Å²) in [6.07, 6.45) is 10.1. The third-order valence-electron chi connectivity index (χ3n) is 7.36. The second-order valence-electron chi connectivity index (χ2n) is 10.3. The highest BCUT2D eigenvalue weighted by molar-refractivity contribution is 7.90. The number of carbonyl (C=O) groups is 1.